The van der Waals surface area contributed by atoms with Crippen LogP contribution in [0, 0.1) is 25.2 Å². The van der Waals surface area contributed by atoms with E-state index in [1.807, 2.05) is 98.9 Å². The minimum absolute atomic E-state index is 0.105. The molecule has 9 nitrogen and oxygen atoms in total. The van der Waals surface area contributed by atoms with Gasteiger partial charge in [-0.2, -0.15) is 10.4 Å². The molecule has 3 aromatic carbocycles. The molecule has 5 aromatic rings. The van der Waals surface area contributed by atoms with Gasteiger partial charge in [0.05, 0.1) is 34.8 Å². The summed E-state index contributed by atoms with van der Waals surface area (Å²) < 4.78 is 9.36. The highest BCUT2D eigenvalue weighted by molar-refractivity contribution is 7.07. The fraction of sp³-hybridized carbons (Fsp3) is 0.222. The first-order valence-electron chi connectivity index (χ1n) is 15.2. The zero-order valence-electron chi connectivity index (χ0n) is 25.8. The Bertz CT molecular complexity index is 2090. The first-order valence-corrected chi connectivity index (χ1v) is 16.0. The summed E-state index contributed by atoms with van der Waals surface area (Å²) in [5.41, 5.74) is 5.34. The second-order valence-electron chi connectivity index (χ2n) is 11.1. The van der Waals surface area contributed by atoms with E-state index in [-0.39, 0.29) is 15.8 Å². The summed E-state index contributed by atoms with van der Waals surface area (Å²) in [4.78, 5) is 29.9. The van der Waals surface area contributed by atoms with Crippen LogP contribution in [0.5, 0.6) is 0 Å². The number of hydrogen-bond acceptors (Lipinski definition) is 7. The normalized spacial score (nSPS) is 14.6. The third kappa shape index (κ3) is 6.62. The number of aromatic nitrogens is 3. The van der Waals surface area contributed by atoms with Crippen LogP contribution in [0.25, 0.3) is 34.3 Å². The van der Waals surface area contributed by atoms with Crippen LogP contribution in [-0.2, 0) is 9.53 Å². The van der Waals surface area contributed by atoms with E-state index in [9.17, 15) is 14.9 Å². The van der Waals surface area contributed by atoms with E-state index in [1.165, 1.54) is 4.57 Å². The fourth-order valence-corrected chi connectivity index (χ4v) is 6.61. The van der Waals surface area contributed by atoms with E-state index in [4.69, 9.17) is 9.84 Å². The summed E-state index contributed by atoms with van der Waals surface area (Å²) in [6, 6.07) is 27.4. The Morgan fingerprint density at radius 1 is 1.04 bits per heavy atom. The van der Waals surface area contributed by atoms with Gasteiger partial charge in [0.25, 0.3) is 11.5 Å². The third-order valence-corrected chi connectivity index (χ3v) is 8.98. The first-order chi connectivity index (χ1) is 22.4. The van der Waals surface area contributed by atoms with E-state index in [0.717, 1.165) is 52.4 Å². The van der Waals surface area contributed by atoms with Crippen molar-refractivity contribution in [2.24, 2.45) is 0 Å². The molecule has 10 heteroatoms. The maximum Gasteiger partial charge on any atom is 0.273 e. The predicted octanol–water partition coefficient (Wildman–Crippen LogP) is 3.32. The molecule has 2 aromatic heterocycles. The van der Waals surface area contributed by atoms with Crippen LogP contribution in [0.4, 0.5) is 0 Å². The van der Waals surface area contributed by atoms with Gasteiger partial charge in [0.1, 0.15) is 10.7 Å². The van der Waals surface area contributed by atoms with E-state index in [1.54, 1.807) is 10.8 Å². The highest BCUT2D eigenvalue weighted by atomic mass is 32.1. The van der Waals surface area contributed by atoms with Crippen molar-refractivity contribution in [2.75, 3.05) is 39.4 Å². The topological polar surface area (TPSA) is 105 Å². The van der Waals surface area contributed by atoms with Gasteiger partial charge in [-0.1, -0.05) is 66.2 Å². The average molecular weight is 631 g/mol. The maximum atomic E-state index is 14.3. The van der Waals surface area contributed by atoms with Gasteiger partial charge >= 0.3 is 0 Å². The summed E-state index contributed by atoms with van der Waals surface area (Å²) in [7, 11) is 0. The number of ether oxygens (including phenoxy) is 1. The van der Waals surface area contributed by atoms with Gasteiger partial charge in [0.2, 0.25) is 0 Å². The second kappa shape index (κ2) is 13.9. The number of rotatable bonds is 8. The SMILES string of the molecule is Cc1ccc(-n2c(=O)/c(=C/c3cn(-c4ccccc4)nc3-c3ccccc3)s/c2=C(/C#N)C(=O)NCCN2CCOCC2)c(C)c1. The van der Waals surface area contributed by atoms with Crippen LogP contribution < -0.4 is 20.1 Å². The molecule has 1 amide bonds. The molecular weight excluding hydrogens is 597 g/mol. The molecule has 0 atom stereocenters. The van der Waals surface area contributed by atoms with Crippen molar-refractivity contribution in [1.82, 2.24) is 24.6 Å². The number of benzene rings is 3. The molecule has 0 unspecified atom stereocenters. The Balaban J connectivity index is 1.50. The number of aryl methyl sites for hydroxylation is 2. The van der Waals surface area contributed by atoms with Gasteiger partial charge in [0.15, 0.2) is 5.57 Å². The highest BCUT2D eigenvalue weighted by Crippen LogP contribution is 2.24. The number of nitrogens with one attached hydrogen (secondary N) is 1. The number of amides is 1. The van der Waals surface area contributed by atoms with Crippen LogP contribution in [-0.4, -0.2) is 64.5 Å². The van der Waals surface area contributed by atoms with Gasteiger partial charge in [-0.25, -0.2) is 4.68 Å². The van der Waals surface area contributed by atoms with Gasteiger partial charge < -0.3 is 10.1 Å². The number of nitriles is 1. The smallest absolute Gasteiger partial charge is 0.273 e. The molecule has 232 valence electrons. The number of carbonyl (C=O) groups excluding carboxylic acids is 1. The molecule has 46 heavy (non-hydrogen) atoms. The summed E-state index contributed by atoms with van der Waals surface area (Å²) in [6.07, 6.45) is 3.70. The third-order valence-electron chi connectivity index (χ3n) is 7.88. The number of thiazole rings is 1. The van der Waals surface area contributed by atoms with Crippen LogP contribution >= 0.6 is 11.3 Å². The van der Waals surface area contributed by atoms with Crippen LogP contribution in [0.2, 0.25) is 0 Å². The molecule has 0 aliphatic carbocycles. The molecule has 1 aliphatic heterocycles. The quantitative estimate of drug-likeness (QED) is 0.282. The number of morpholine rings is 1. The van der Waals surface area contributed by atoms with E-state index >= 15 is 0 Å². The van der Waals surface area contributed by atoms with Gasteiger partial charge in [-0.05, 0) is 43.7 Å². The van der Waals surface area contributed by atoms with Crippen molar-refractivity contribution in [3.8, 4) is 28.7 Å². The summed E-state index contributed by atoms with van der Waals surface area (Å²) >= 11 is 1.13. The lowest BCUT2D eigenvalue weighted by Crippen LogP contribution is -2.42. The molecule has 0 bridgehead atoms. The van der Waals surface area contributed by atoms with Crippen molar-refractivity contribution < 1.29 is 9.53 Å². The second-order valence-corrected chi connectivity index (χ2v) is 12.2. The van der Waals surface area contributed by atoms with Crippen LogP contribution in [0.15, 0.2) is 89.9 Å². The van der Waals surface area contributed by atoms with Gasteiger partial charge in [-0.15, -0.1) is 11.3 Å². The lowest BCUT2D eigenvalue weighted by atomic mass is 10.1. The molecule has 0 saturated carbocycles. The minimum Gasteiger partial charge on any atom is -0.379 e. The van der Waals surface area contributed by atoms with E-state index in [2.05, 4.69) is 16.3 Å². The number of hydrogen-bond donors (Lipinski definition) is 1. The average Bonchev–Trinajstić information content (AvgIpc) is 3.64. The monoisotopic (exact) mass is 630 g/mol. The summed E-state index contributed by atoms with van der Waals surface area (Å²) in [5.74, 6) is -0.510. The first kappa shape index (κ1) is 30.9. The van der Waals surface area contributed by atoms with E-state index < -0.39 is 5.91 Å². The van der Waals surface area contributed by atoms with Crippen LogP contribution in [0.1, 0.15) is 16.7 Å². The Hall–Kier alpha value is -5.08. The lowest BCUT2D eigenvalue weighted by molar-refractivity contribution is -0.115. The largest absolute Gasteiger partial charge is 0.379 e. The van der Waals surface area contributed by atoms with Crippen molar-refractivity contribution in [3.05, 3.63) is 121 Å². The van der Waals surface area contributed by atoms with Gasteiger partial charge in [-0.3, -0.25) is 19.1 Å². The van der Waals surface area contributed by atoms with Crippen molar-refractivity contribution in [3.63, 3.8) is 0 Å². The molecular formula is C36H34N6O3S. The molecule has 6 rings (SSSR count). The highest BCUT2D eigenvalue weighted by Gasteiger charge is 2.19. The lowest BCUT2D eigenvalue weighted by Gasteiger charge is -2.26. The minimum atomic E-state index is -0.510. The molecule has 1 aliphatic rings. The molecule has 1 saturated heterocycles. The van der Waals surface area contributed by atoms with Crippen molar-refractivity contribution >= 4 is 28.9 Å². The number of nitrogens with zero attached hydrogens (tertiary/aromatic N) is 5. The molecule has 1 fully saturated rings. The predicted molar refractivity (Wildman–Crippen MR) is 180 cm³/mol. The van der Waals surface area contributed by atoms with Gasteiger partial charge in [0, 0.05) is 43.5 Å². The molecule has 3 heterocycles. The zero-order valence-corrected chi connectivity index (χ0v) is 26.6. The Morgan fingerprint density at radius 3 is 2.46 bits per heavy atom. The Labute approximate surface area is 270 Å². The molecule has 1 N–H and O–H groups in total. The Kier molecular flexibility index (Phi) is 9.36. The standard InChI is InChI=1S/C36H34N6O3S/c1-25-13-14-31(26(2)21-25)42-35(44)32(46-36(42)30(23-37)34(43)38-15-16-40-17-19-45-20-18-40)22-28-24-41(29-11-7-4-8-12-29)39-33(28)27-9-5-3-6-10-27/h3-14,21-22,24H,15-20H2,1-2H3,(H,38,43)/b32-22-,36-30-. The number of carbonyl (C=O) groups is 1. The fourth-order valence-electron chi connectivity index (χ4n) is 5.53. The maximum absolute atomic E-state index is 14.3. The van der Waals surface area contributed by atoms with E-state index in [0.29, 0.717) is 42.2 Å². The van der Waals surface area contributed by atoms with Crippen molar-refractivity contribution in [1.29, 1.82) is 5.26 Å². The van der Waals surface area contributed by atoms with Crippen molar-refractivity contribution in [2.45, 2.75) is 13.8 Å². The van der Waals surface area contributed by atoms with Crippen LogP contribution in [0.3, 0.4) is 0 Å². The number of para-hydroxylation sites is 1. The summed E-state index contributed by atoms with van der Waals surface area (Å²) in [5, 5.41) is 18.1. The Morgan fingerprint density at radius 2 is 1.76 bits per heavy atom. The molecule has 0 spiro atoms. The zero-order chi connectivity index (χ0) is 32.0. The molecule has 0 radical (unpaired) electrons. The summed E-state index contributed by atoms with van der Waals surface area (Å²) in [6.45, 7) is 7.85.